The number of ether oxygens (including phenoxy) is 1. The average molecular weight is 312 g/mol. The molecule has 0 radical (unpaired) electrons. The molecule has 0 bridgehead atoms. The maximum Gasteiger partial charge on any atom is 0.389 e. The zero-order chi connectivity index (χ0) is 16.3. The molecule has 0 fully saturated rings. The number of allylic oxidation sites excluding steroid dienone is 1. The minimum Gasteiger partial charge on any atom is -0.494 e. The molecule has 0 aliphatic heterocycles. The Hall–Kier alpha value is -1.78. The molecule has 2 rings (SSSR count). The second kappa shape index (κ2) is 6.55. The van der Waals surface area contributed by atoms with Crippen LogP contribution in [0.3, 0.4) is 0 Å². The number of carbonyl (C=O) groups is 1. The van der Waals surface area contributed by atoms with Crippen LogP contribution >= 0.6 is 0 Å². The van der Waals surface area contributed by atoms with Gasteiger partial charge in [0.15, 0.2) is 5.78 Å². The molecule has 0 N–H and O–H groups in total. The highest BCUT2D eigenvalue weighted by Gasteiger charge is 2.26. The SMILES string of the molecule is CC(=O)C1=Cc2ccc(OCCCC(F)(F)F)cc2C[C@@H]1C. The first-order valence-electron chi connectivity index (χ1n) is 7.31. The Morgan fingerprint density at radius 3 is 2.73 bits per heavy atom. The van der Waals surface area contributed by atoms with Gasteiger partial charge in [-0.25, -0.2) is 0 Å². The monoisotopic (exact) mass is 312 g/mol. The minimum absolute atomic E-state index is 0.0440. The van der Waals surface area contributed by atoms with Gasteiger partial charge in [-0.1, -0.05) is 13.0 Å². The fourth-order valence-corrected chi connectivity index (χ4v) is 2.65. The molecule has 1 aliphatic rings. The maximum atomic E-state index is 12.1. The first kappa shape index (κ1) is 16.6. The average Bonchev–Trinajstić information content (AvgIpc) is 2.41. The van der Waals surface area contributed by atoms with Gasteiger partial charge in [0.2, 0.25) is 0 Å². The molecule has 0 spiro atoms. The highest BCUT2D eigenvalue weighted by Crippen LogP contribution is 2.31. The van der Waals surface area contributed by atoms with Gasteiger partial charge in [-0.3, -0.25) is 4.79 Å². The summed E-state index contributed by atoms with van der Waals surface area (Å²) in [6, 6.07) is 5.44. The smallest absolute Gasteiger partial charge is 0.389 e. The summed E-state index contributed by atoms with van der Waals surface area (Å²) in [4.78, 5) is 11.6. The van der Waals surface area contributed by atoms with E-state index in [0.717, 1.165) is 23.1 Å². The Bertz CT molecular complexity index is 588. The van der Waals surface area contributed by atoms with Gasteiger partial charge < -0.3 is 4.74 Å². The zero-order valence-electron chi connectivity index (χ0n) is 12.7. The van der Waals surface area contributed by atoms with E-state index in [-0.39, 0.29) is 24.7 Å². The summed E-state index contributed by atoms with van der Waals surface area (Å²) in [5, 5.41) is 0. The van der Waals surface area contributed by atoms with Crippen LogP contribution in [0.25, 0.3) is 6.08 Å². The number of benzene rings is 1. The van der Waals surface area contributed by atoms with Crippen molar-refractivity contribution in [3.63, 3.8) is 0 Å². The number of alkyl halides is 3. The van der Waals surface area contributed by atoms with Crippen molar-refractivity contribution < 1.29 is 22.7 Å². The van der Waals surface area contributed by atoms with E-state index in [1.54, 1.807) is 13.0 Å². The van der Waals surface area contributed by atoms with Crippen molar-refractivity contribution in [2.24, 2.45) is 5.92 Å². The van der Waals surface area contributed by atoms with Crippen molar-refractivity contribution >= 4 is 11.9 Å². The van der Waals surface area contributed by atoms with Crippen molar-refractivity contribution in [2.75, 3.05) is 6.61 Å². The van der Waals surface area contributed by atoms with Crippen molar-refractivity contribution in [1.29, 1.82) is 0 Å². The van der Waals surface area contributed by atoms with E-state index in [0.29, 0.717) is 5.75 Å². The molecule has 0 aromatic heterocycles. The summed E-state index contributed by atoms with van der Waals surface area (Å²) in [5.41, 5.74) is 2.85. The number of fused-ring (bicyclic) bond motifs is 1. The molecule has 1 aliphatic carbocycles. The molecule has 5 heteroatoms. The molecule has 0 heterocycles. The summed E-state index contributed by atoms with van der Waals surface area (Å²) in [5.74, 6) is 0.795. The van der Waals surface area contributed by atoms with Gasteiger partial charge >= 0.3 is 6.18 Å². The lowest BCUT2D eigenvalue weighted by atomic mass is 9.83. The van der Waals surface area contributed by atoms with E-state index in [9.17, 15) is 18.0 Å². The number of halogens is 3. The van der Waals surface area contributed by atoms with Gasteiger partial charge in [0, 0.05) is 6.42 Å². The molecular formula is C17H19F3O2. The Kier molecular flexibility index (Phi) is 4.94. The number of hydrogen-bond donors (Lipinski definition) is 0. The van der Waals surface area contributed by atoms with Gasteiger partial charge in [-0.2, -0.15) is 13.2 Å². The molecule has 0 saturated heterocycles. The van der Waals surface area contributed by atoms with Crippen LogP contribution in [-0.4, -0.2) is 18.6 Å². The van der Waals surface area contributed by atoms with Gasteiger partial charge in [0.1, 0.15) is 5.75 Å². The first-order chi connectivity index (χ1) is 10.3. The summed E-state index contributed by atoms with van der Waals surface area (Å²) in [6.07, 6.45) is -2.40. The van der Waals surface area contributed by atoms with Crippen LogP contribution < -0.4 is 4.74 Å². The maximum absolute atomic E-state index is 12.1. The number of carbonyl (C=O) groups excluding carboxylic acids is 1. The van der Waals surface area contributed by atoms with Gasteiger partial charge in [0.25, 0.3) is 0 Å². The predicted octanol–water partition coefficient (Wildman–Crippen LogP) is 4.57. The fraction of sp³-hybridized carbons (Fsp3) is 0.471. The Labute approximate surface area is 128 Å². The molecule has 1 atom stereocenters. The van der Waals surface area contributed by atoms with Gasteiger partial charge in [-0.15, -0.1) is 0 Å². The third-order valence-corrected chi connectivity index (χ3v) is 3.76. The van der Waals surface area contributed by atoms with Crippen LogP contribution in [0.1, 0.15) is 37.8 Å². The Morgan fingerprint density at radius 1 is 1.36 bits per heavy atom. The lowest BCUT2D eigenvalue weighted by molar-refractivity contribution is -0.136. The quantitative estimate of drug-likeness (QED) is 0.744. The molecule has 22 heavy (non-hydrogen) atoms. The van der Waals surface area contributed by atoms with E-state index in [1.165, 1.54) is 0 Å². The van der Waals surface area contributed by atoms with Crippen molar-refractivity contribution in [1.82, 2.24) is 0 Å². The lowest BCUT2D eigenvalue weighted by Gasteiger charge is -2.22. The highest BCUT2D eigenvalue weighted by atomic mass is 19.4. The van der Waals surface area contributed by atoms with E-state index in [2.05, 4.69) is 0 Å². The fourth-order valence-electron chi connectivity index (χ4n) is 2.65. The molecule has 2 nitrogen and oxygen atoms in total. The standard InChI is InChI=1S/C17H19F3O2/c1-11-8-14-9-15(22-7-3-6-17(18,19)20)5-4-13(14)10-16(11)12(2)21/h4-5,9-11H,3,6-8H2,1-2H3/t11-/m0/s1. The number of rotatable bonds is 5. The van der Waals surface area contributed by atoms with Gasteiger partial charge in [-0.05, 0) is 60.6 Å². The minimum atomic E-state index is -4.14. The van der Waals surface area contributed by atoms with Crippen LogP contribution in [0.2, 0.25) is 0 Å². The highest BCUT2D eigenvalue weighted by molar-refractivity contribution is 5.99. The lowest BCUT2D eigenvalue weighted by Crippen LogP contribution is -2.15. The van der Waals surface area contributed by atoms with Gasteiger partial charge in [0.05, 0.1) is 6.61 Å². The number of ketones is 1. The predicted molar refractivity (Wildman–Crippen MR) is 78.8 cm³/mol. The molecule has 0 unspecified atom stereocenters. The summed E-state index contributed by atoms with van der Waals surface area (Å²) < 4.78 is 41.6. The van der Waals surface area contributed by atoms with Crippen LogP contribution in [-0.2, 0) is 11.2 Å². The molecule has 1 aromatic rings. The number of Topliss-reactive ketones (excluding diaryl/α,β-unsaturated/α-hetero) is 1. The normalized spacial score (nSPS) is 17.7. The largest absolute Gasteiger partial charge is 0.494 e. The summed E-state index contributed by atoms with van der Waals surface area (Å²) in [7, 11) is 0. The van der Waals surface area contributed by atoms with E-state index < -0.39 is 12.6 Å². The second-order valence-corrected chi connectivity index (χ2v) is 5.69. The van der Waals surface area contributed by atoms with Crippen molar-refractivity contribution in [3.8, 4) is 5.75 Å². The first-order valence-corrected chi connectivity index (χ1v) is 7.31. The topological polar surface area (TPSA) is 26.3 Å². The van der Waals surface area contributed by atoms with E-state index in [1.807, 2.05) is 25.1 Å². The van der Waals surface area contributed by atoms with Crippen LogP contribution in [0, 0.1) is 5.92 Å². The molecule has 0 saturated carbocycles. The number of hydrogen-bond acceptors (Lipinski definition) is 2. The zero-order valence-corrected chi connectivity index (χ0v) is 12.7. The van der Waals surface area contributed by atoms with E-state index >= 15 is 0 Å². The molecule has 1 aromatic carbocycles. The van der Waals surface area contributed by atoms with E-state index in [4.69, 9.17) is 4.74 Å². The summed E-state index contributed by atoms with van der Waals surface area (Å²) in [6.45, 7) is 3.60. The Balaban J connectivity index is 2.01. The molecular weight excluding hydrogens is 293 g/mol. The summed E-state index contributed by atoms with van der Waals surface area (Å²) >= 11 is 0. The third kappa shape index (κ3) is 4.36. The molecule has 0 amide bonds. The second-order valence-electron chi connectivity index (χ2n) is 5.69. The van der Waals surface area contributed by atoms with Crippen molar-refractivity contribution in [2.45, 2.75) is 39.3 Å². The molecule has 120 valence electrons. The van der Waals surface area contributed by atoms with Crippen LogP contribution in [0.15, 0.2) is 23.8 Å². The van der Waals surface area contributed by atoms with Crippen LogP contribution in [0.4, 0.5) is 13.2 Å². The Morgan fingerprint density at radius 2 is 2.09 bits per heavy atom. The van der Waals surface area contributed by atoms with Crippen LogP contribution in [0.5, 0.6) is 5.75 Å². The van der Waals surface area contributed by atoms with Crippen molar-refractivity contribution in [3.05, 3.63) is 34.9 Å². The third-order valence-electron chi connectivity index (χ3n) is 3.76.